The third-order valence-corrected chi connectivity index (χ3v) is 3.71. The van der Waals surface area contributed by atoms with Crippen LogP contribution in [0.4, 0.5) is 5.82 Å². The second-order valence-corrected chi connectivity index (χ2v) is 6.93. The molecule has 1 aromatic carbocycles. The van der Waals surface area contributed by atoms with Crippen molar-refractivity contribution in [1.29, 1.82) is 0 Å². The number of nitrogens with two attached hydrogens (primary N) is 1. The maximum absolute atomic E-state index is 6.08. The van der Waals surface area contributed by atoms with Gasteiger partial charge < -0.3 is 5.73 Å². The maximum atomic E-state index is 6.08. The van der Waals surface area contributed by atoms with Gasteiger partial charge >= 0.3 is 0 Å². The lowest BCUT2D eigenvalue weighted by molar-refractivity contribution is 0.546. The van der Waals surface area contributed by atoms with Crippen molar-refractivity contribution < 1.29 is 0 Å². The zero-order valence-corrected chi connectivity index (χ0v) is 13.9. The average molecular weight is 283 g/mol. The van der Waals surface area contributed by atoms with Crippen LogP contribution in [0.2, 0.25) is 0 Å². The monoisotopic (exact) mass is 283 g/mol. The summed E-state index contributed by atoms with van der Waals surface area (Å²) >= 11 is 0. The lowest BCUT2D eigenvalue weighted by atomic mass is 9.94. The first kappa shape index (κ1) is 15.5. The van der Waals surface area contributed by atoms with Gasteiger partial charge in [0, 0.05) is 16.5 Å². The van der Waals surface area contributed by atoms with Gasteiger partial charge in [0.05, 0.1) is 5.69 Å². The third kappa shape index (κ3) is 3.23. The molecule has 0 bridgehead atoms. The molecule has 2 aromatic rings. The molecular formula is C18H25N3. The summed E-state index contributed by atoms with van der Waals surface area (Å²) in [7, 11) is 0. The van der Waals surface area contributed by atoms with E-state index < -0.39 is 0 Å². The Labute approximate surface area is 127 Å². The van der Waals surface area contributed by atoms with Crippen LogP contribution in [0.5, 0.6) is 0 Å². The number of anilines is 1. The van der Waals surface area contributed by atoms with Crippen molar-refractivity contribution >= 4 is 5.82 Å². The molecule has 1 heterocycles. The Morgan fingerprint density at radius 2 is 1.57 bits per heavy atom. The van der Waals surface area contributed by atoms with Crippen LogP contribution in [-0.2, 0) is 5.41 Å². The predicted octanol–water partition coefficient (Wildman–Crippen LogP) is 4.46. The highest BCUT2D eigenvalue weighted by Crippen LogP contribution is 2.29. The summed E-state index contributed by atoms with van der Waals surface area (Å²) in [6, 6.07) is 8.57. The minimum Gasteiger partial charge on any atom is -0.383 e. The second kappa shape index (κ2) is 5.47. The first-order valence-corrected chi connectivity index (χ1v) is 7.45. The topological polar surface area (TPSA) is 51.8 Å². The quantitative estimate of drug-likeness (QED) is 0.885. The Balaban J connectivity index is 2.55. The Kier molecular flexibility index (Phi) is 4.04. The minimum atomic E-state index is -0.117. The molecule has 0 atom stereocenters. The molecule has 0 aliphatic rings. The molecule has 0 saturated carbocycles. The number of benzene rings is 1. The van der Waals surface area contributed by atoms with Gasteiger partial charge in [0.15, 0.2) is 0 Å². The molecule has 2 N–H and O–H groups in total. The highest BCUT2D eigenvalue weighted by molar-refractivity contribution is 5.67. The summed E-state index contributed by atoms with van der Waals surface area (Å²) in [6.45, 7) is 12.7. The summed E-state index contributed by atoms with van der Waals surface area (Å²) < 4.78 is 0. The maximum Gasteiger partial charge on any atom is 0.136 e. The SMILES string of the molecule is Cc1c(N)nc(C(C)(C)C)nc1-c1ccc(C(C)C)cc1. The molecule has 0 aliphatic carbocycles. The van der Waals surface area contributed by atoms with Crippen molar-refractivity contribution in [1.82, 2.24) is 9.97 Å². The van der Waals surface area contributed by atoms with Crippen LogP contribution in [0.3, 0.4) is 0 Å². The van der Waals surface area contributed by atoms with Gasteiger partial charge in [-0.3, -0.25) is 0 Å². The lowest BCUT2D eigenvalue weighted by Gasteiger charge is -2.19. The molecule has 0 aliphatic heterocycles. The zero-order valence-electron chi connectivity index (χ0n) is 13.9. The van der Waals surface area contributed by atoms with Crippen LogP contribution in [0.1, 0.15) is 57.5 Å². The van der Waals surface area contributed by atoms with Gasteiger partial charge in [-0.05, 0) is 18.4 Å². The van der Waals surface area contributed by atoms with Gasteiger partial charge in [-0.15, -0.1) is 0 Å². The fourth-order valence-electron chi connectivity index (χ4n) is 2.18. The van der Waals surface area contributed by atoms with Crippen LogP contribution in [0.15, 0.2) is 24.3 Å². The molecule has 0 radical (unpaired) electrons. The van der Waals surface area contributed by atoms with Crippen LogP contribution in [0, 0.1) is 6.92 Å². The Bertz CT molecular complexity index is 635. The lowest BCUT2D eigenvalue weighted by Crippen LogP contribution is -2.18. The summed E-state index contributed by atoms with van der Waals surface area (Å²) in [6.07, 6.45) is 0. The molecule has 2 rings (SSSR count). The molecule has 3 nitrogen and oxygen atoms in total. The average Bonchev–Trinajstić information content (AvgIpc) is 2.40. The number of hydrogen-bond donors (Lipinski definition) is 1. The molecule has 1 aromatic heterocycles. The molecule has 3 heteroatoms. The zero-order chi connectivity index (χ0) is 15.8. The van der Waals surface area contributed by atoms with E-state index in [1.165, 1.54) is 5.56 Å². The number of hydrogen-bond acceptors (Lipinski definition) is 3. The van der Waals surface area contributed by atoms with Gasteiger partial charge in [0.2, 0.25) is 0 Å². The van der Waals surface area contributed by atoms with Crippen molar-refractivity contribution in [3.8, 4) is 11.3 Å². The summed E-state index contributed by atoms with van der Waals surface area (Å²) in [5, 5.41) is 0. The van der Waals surface area contributed by atoms with E-state index in [2.05, 4.69) is 63.9 Å². The van der Waals surface area contributed by atoms with Crippen molar-refractivity contribution in [2.75, 3.05) is 5.73 Å². The van der Waals surface area contributed by atoms with Crippen LogP contribution in [-0.4, -0.2) is 9.97 Å². The van der Waals surface area contributed by atoms with E-state index in [1.54, 1.807) is 0 Å². The minimum absolute atomic E-state index is 0.117. The van der Waals surface area contributed by atoms with E-state index in [0.29, 0.717) is 11.7 Å². The van der Waals surface area contributed by atoms with Gasteiger partial charge in [-0.25, -0.2) is 9.97 Å². The number of nitrogen functional groups attached to an aromatic ring is 1. The van der Waals surface area contributed by atoms with Gasteiger partial charge in [0.25, 0.3) is 0 Å². The van der Waals surface area contributed by atoms with E-state index in [4.69, 9.17) is 10.7 Å². The summed E-state index contributed by atoms with van der Waals surface area (Å²) in [4.78, 5) is 9.20. The highest BCUT2D eigenvalue weighted by atomic mass is 15.0. The molecule has 0 saturated heterocycles. The molecule has 0 unspecified atom stereocenters. The van der Waals surface area contributed by atoms with E-state index in [9.17, 15) is 0 Å². The standard InChI is InChI=1S/C18H25N3/c1-11(2)13-7-9-14(10-8-13)15-12(3)16(19)21-17(20-15)18(4,5)6/h7-11H,1-6H3,(H2,19,20,21). The molecular weight excluding hydrogens is 258 g/mol. The molecule has 0 fully saturated rings. The van der Waals surface area contributed by atoms with Crippen LogP contribution in [0.25, 0.3) is 11.3 Å². The fraction of sp³-hybridized carbons (Fsp3) is 0.444. The largest absolute Gasteiger partial charge is 0.383 e. The van der Waals surface area contributed by atoms with Crippen molar-refractivity contribution in [3.05, 3.63) is 41.2 Å². The van der Waals surface area contributed by atoms with E-state index >= 15 is 0 Å². The Morgan fingerprint density at radius 1 is 1.00 bits per heavy atom. The number of aromatic nitrogens is 2. The Hall–Kier alpha value is -1.90. The van der Waals surface area contributed by atoms with Crippen molar-refractivity contribution in [2.45, 2.75) is 52.9 Å². The summed E-state index contributed by atoms with van der Waals surface area (Å²) in [5.41, 5.74) is 10.3. The number of nitrogens with zero attached hydrogens (tertiary/aromatic N) is 2. The normalized spacial score (nSPS) is 12.0. The van der Waals surface area contributed by atoms with Crippen molar-refractivity contribution in [3.63, 3.8) is 0 Å². The van der Waals surface area contributed by atoms with E-state index in [-0.39, 0.29) is 5.41 Å². The van der Waals surface area contributed by atoms with Gasteiger partial charge in [0.1, 0.15) is 11.6 Å². The summed E-state index contributed by atoms with van der Waals surface area (Å²) in [5.74, 6) is 1.88. The third-order valence-electron chi connectivity index (χ3n) is 3.71. The first-order chi connectivity index (χ1) is 9.70. The predicted molar refractivity (Wildman–Crippen MR) is 89.4 cm³/mol. The molecule has 0 spiro atoms. The smallest absolute Gasteiger partial charge is 0.136 e. The second-order valence-electron chi connectivity index (χ2n) is 6.93. The van der Waals surface area contributed by atoms with E-state index in [0.717, 1.165) is 22.6 Å². The van der Waals surface area contributed by atoms with Gasteiger partial charge in [-0.2, -0.15) is 0 Å². The van der Waals surface area contributed by atoms with Crippen LogP contribution >= 0.6 is 0 Å². The fourth-order valence-corrected chi connectivity index (χ4v) is 2.18. The highest BCUT2D eigenvalue weighted by Gasteiger charge is 2.20. The Morgan fingerprint density at radius 3 is 2.05 bits per heavy atom. The molecule has 0 amide bonds. The first-order valence-electron chi connectivity index (χ1n) is 7.45. The van der Waals surface area contributed by atoms with E-state index in [1.807, 2.05) is 6.92 Å². The van der Waals surface area contributed by atoms with Crippen LogP contribution < -0.4 is 5.73 Å². The molecule has 21 heavy (non-hydrogen) atoms. The van der Waals surface area contributed by atoms with Gasteiger partial charge in [-0.1, -0.05) is 58.9 Å². The molecule has 112 valence electrons. The van der Waals surface area contributed by atoms with Crippen molar-refractivity contribution in [2.24, 2.45) is 0 Å². The number of rotatable bonds is 2.